The average Bonchev–Trinajstić information content (AvgIpc) is 3.39. The number of phosphoric acid groups is 1. The van der Waals surface area contributed by atoms with Gasteiger partial charge in [0.05, 0.1) is 37.0 Å². The molecule has 2 rings (SSSR count). The van der Waals surface area contributed by atoms with Crippen LogP contribution in [0.1, 0.15) is 66.2 Å². The standard InChI is InChI=1S/C22H43N4O8PS.C2H6.Ir/c1-22(2,11-14-32-26(3)4)34-35(30,31-5)33-13-10-16(27)9-12-23-19(28)8-6-7-18-20-17(15-36-18)24-21(29)25-20;1-2;/h16-18,20,27H,6-15H2,1-5H3,(H,23,28)(H2,24,25,29);1-2H3;. The molecule has 0 aliphatic carbocycles. The van der Waals surface area contributed by atoms with Crippen molar-refractivity contribution < 1.29 is 57.8 Å². The number of nitrogens with zero attached hydrogens (tertiary/aromatic N) is 1. The van der Waals surface area contributed by atoms with Crippen molar-refractivity contribution in [2.45, 2.75) is 95.3 Å². The van der Waals surface area contributed by atoms with Crippen molar-refractivity contribution in [1.29, 1.82) is 0 Å². The maximum Gasteiger partial charge on any atom is 0.475 e. The van der Waals surface area contributed by atoms with Gasteiger partial charge in [0.2, 0.25) is 5.91 Å². The van der Waals surface area contributed by atoms with Crippen LogP contribution in [0.5, 0.6) is 0 Å². The van der Waals surface area contributed by atoms with Gasteiger partial charge in [-0.15, -0.1) is 0 Å². The Hall–Kier alpha value is -0.271. The Morgan fingerprint density at radius 3 is 2.59 bits per heavy atom. The van der Waals surface area contributed by atoms with E-state index in [1.165, 1.54) is 7.11 Å². The molecule has 233 valence electrons. The molecule has 3 amide bonds. The molecule has 2 fully saturated rings. The summed E-state index contributed by atoms with van der Waals surface area (Å²) >= 11 is 1.83. The zero-order valence-electron chi connectivity index (χ0n) is 24.3. The van der Waals surface area contributed by atoms with E-state index in [1.54, 1.807) is 33.0 Å². The molecule has 2 heterocycles. The zero-order valence-corrected chi connectivity index (χ0v) is 28.4. The van der Waals surface area contributed by atoms with Crippen LogP contribution in [0.2, 0.25) is 0 Å². The van der Waals surface area contributed by atoms with Gasteiger partial charge in [-0.2, -0.15) is 16.8 Å². The summed E-state index contributed by atoms with van der Waals surface area (Å²) in [4.78, 5) is 28.9. The zero-order chi connectivity index (χ0) is 28.8. The Bertz CT molecular complexity index is 768. The predicted molar refractivity (Wildman–Crippen MR) is 149 cm³/mol. The number of fused-ring (bicyclic) bond motifs is 1. The maximum atomic E-state index is 12.8. The topological polar surface area (TPSA) is 148 Å². The fraction of sp³-hybridized carbons (Fsp3) is 0.917. The first-order valence-corrected chi connectivity index (χ1v) is 15.9. The van der Waals surface area contributed by atoms with Gasteiger partial charge in [0.25, 0.3) is 0 Å². The summed E-state index contributed by atoms with van der Waals surface area (Å²) in [6.07, 6.45) is 2.31. The molecular formula is C24H49IrN4O8PS. The summed E-state index contributed by atoms with van der Waals surface area (Å²) in [6, 6.07) is 0.222. The average molecular weight is 777 g/mol. The molecule has 2 aliphatic heterocycles. The second kappa shape index (κ2) is 19.8. The Kier molecular flexibility index (Phi) is 19.6. The van der Waals surface area contributed by atoms with E-state index in [0.717, 1.165) is 18.6 Å². The molecule has 0 aromatic rings. The molecule has 15 heteroatoms. The molecule has 0 aromatic heterocycles. The minimum atomic E-state index is -3.79. The number of hydrogen-bond donors (Lipinski definition) is 4. The third kappa shape index (κ3) is 15.5. The van der Waals surface area contributed by atoms with Crippen LogP contribution in [-0.4, -0.2) is 97.9 Å². The van der Waals surface area contributed by atoms with Crippen molar-refractivity contribution in [2.75, 3.05) is 46.7 Å². The van der Waals surface area contributed by atoms with E-state index in [1.807, 2.05) is 25.6 Å². The van der Waals surface area contributed by atoms with Crippen molar-refractivity contribution in [3.8, 4) is 0 Å². The number of nitrogens with one attached hydrogen (secondary N) is 3. The van der Waals surface area contributed by atoms with Crippen molar-refractivity contribution in [3.63, 3.8) is 0 Å². The number of hydroxylamine groups is 2. The van der Waals surface area contributed by atoms with E-state index in [9.17, 15) is 19.3 Å². The first-order chi connectivity index (χ1) is 17.9. The third-order valence-electron chi connectivity index (χ3n) is 5.97. The van der Waals surface area contributed by atoms with E-state index in [2.05, 4.69) is 16.0 Å². The van der Waals surface area contributed by atoms with Crippen molar-refractivity contribution >= 4 is 31.5 Å². The molecule has 2 aliphatic rings. The summed E-state index contributed by atoms with van der Waals surface area (Å²) in [6.45, 7) is 8.24. The summed E-state index contributed by atoms with van der Waals surface area (Å²) in [7, 11) is 1.00. The number of phosphoric ester groups is 1. The molecule has 0 saturated carbocycles. The normalized spacial score (nSPS) is 22.5. The largest absolute Gasteiger partial charge is 0.475 e. The molecule has 39 heavy (non-hydrogen) atoms. The monoisotopic (exact) mass is 777 g/mol. The van der Waals surface area contributed by atoms with Crippen molar-refractivity contribution in [2.24, 2.45) is 0 Å². The van der Waals surface area contributed by atoms with Gasteiger partial charge < -0.3 is 21.1 Å². The molecule has 1 radical (unpaired) electrons. The number of thioether (sulfide) groups is 1. The number of aliphatic hydroxyl groups excluding tert-OH is 1. The van der Waals surface area contributed by atoms with Gasteiger partial charge in [-0.25, -0.2) is 9.36 Å². The molecule has 0 spiro atoms. The van der Waals surface area contributed by atoms with Crippen molar-refractivity contribution in [3.05, 3.63) is 0 Å². The van der Waals surface area contributed by atoms with Crippen LogP contribution in [-0.2, 0) is 47.9 Å². The summed E-state index contributed by atoms with van der Waals surface area (Å²) in [5.41, 5.74) is -0.801. The Morgan fingerprint density at radius 1 is 1.26 bits per heavy atom. The van der Waals surface area contributed by atoms with Crippen LogP contribution < -0.4 is 16.0 Å². The summed E-state index contributed by atoms with van der Waals surface area (Å²) < 4.78 is 28.7. The fourth-order valence-electron chi connectivity index (χ4n) is 3.96. The van der Waals surface area contributed by atoms with Gasteiger partial charge in [0.1, 0.15) is 0 Å². The molecule has 4 N–H and O–H groups in total. The molecular weight excluding hydrogens is 728 g/mol. The predicted octanol–water partition coefficient (Wildman–Crippen LogP) is 3.05. The van der Waals surface area contributed by atoms with E-state index in [4.69, 9.17) is 18.4 Å². The van der Waals surface area contributed by atoms with Gasteiger partial charge in [-0.1, -0.05) is 13.8 Å². The van der Waals surface area contributed by atoms with Crippen LogP contribution in [0.25, 0.3) is 0 Å². The van der Waals surface area contributed by atoms with E-state index >= 15 is 0 Å². The Balaban J connectivity index is 0.00000470. The maximum absolute atomic E-state index is 12.8. The van der Waals surface area contributed by atoms with E-state index in [-0.39, 0.29) is 57.2 Å². The second-order valence-electron chi connectivity index (χ2n) is 9.80. The number of aliphatic hydroxyl groups is 1. The molecule has 0 bridgehead atoms. The second-order valence-corrected chi connectivity index (χ2v) is 12.8. The summed E-state index contributed by atoms with van der Waals surface area (Å²) in [5.74, 6) is 0.835. The Morgan fingerprint density at radius 2 is 1.95 bits per heavy atom. The number of carbonyl (C=O) groups is 2. The van der Waals surface area contributed by atoms with Crippen LogP contribution in [0.15, 0.2) is 0 Å². The van der Waals surface area contributed by atoms with Gasteiger partial charge in [0, 0.05) is 71.7 Å². The van der Waals surface area contributed by atoms with Gasteiger partial charge in [-0.05, 0) is 39.5 Å². The number of rotatable bonds is 18. The quantitative estimate of drug-likeness (QED) is 0.0931. The number of urea groups is 1. The number of carbonyl (C=O) groups excluding carboxylic acids is 2. The van der Waals surface area contributed by atoms with Crippen LogP contribution >= 0.6 is 19.6 Å². The summed E-state index contributed by atoms with van der Waals surface area (Å²) in [5, 5.41) is 20.8. The van der Waals surface area contributed by atoms with Crippen LogP contribution in [0.4, 0.5) is 4.79 Å². The first kappa shape index (κ1) is 38.7. The first-order valence-electron chi connectivity index (χ1n) is 13.4. The minimum absolute atomic E-state index is 0. The molecule has 12 nitrogen and oxygen atoms in total. The third-order valence-corrected chi connectivity index (χ3v) is 9.14. The molecule has 5 unspecified atom stereocenters. The van der Waals surface area contributed by atoms with Gasteiger partial charge in [-0.3, -0.25) is 23.2 Å². The SMILES string of the molecule is CC.COP(=O)(OCCC(O)CCNC(=O)CCCC1SCC2NC(=O)NC21)OC(C)(C)CCON(C)C.[Ir]. The molecule has 2 saturated heterocycles. The molecule has 0 aromatic carbocycles. The minimum Gasteiger partial charge on any atom is -0.393 e. The Labute approximate surface area is 251 Å². The van der Waals surface area contributed by atoms with Crippen LogP contribution in [0.3, 0.4) is 0 Å². The van der Waals surface area contributed by atoms with E-state index < -0.39 is 19.5 Å². The van der Waals surface area contributed by atoms with Crippen molar-refractivity contribution in [1.82, 2.24) is 21.0 Å². The fourth-order valence-corrected chi connectivity index (χ4v) is 6.76. The number of amides is 3. The van der Waals surface area contributed by atoms with Gasteiger partial charge in [0.15, 0.2) is 0 Å². The smallest absolute Gasteiger partial charge is 0.393 e. The van der Waals surface area contributed by atoms with Crippen LogP contribution in [0, 0.1) is 0 Å². The number of hydrogen-bond acceptors (Lipinski definition) is 10. The molecule has 5 atom stereocenters. The van der Waals surface area contributed by atoms with E-state index in [0.29, 0.717) is 37.7 Å². The van der Waals surface area contributed by atoms with Gasteiger partial charge >= 0.3 is 13.9 Å².